The molecule has 0 spiro atoms. The van der Waals surface area contributed by atoms with E-state index in [9.17, 15) is 5.11 Å². The zero-order valence-corrected chi connectivity index (χ0v) is 10.2. The molecule has 1 fully saturated rings. The first-order valence-electron chi connectivity index (χ1n) is 5.84. The molecular formula is C11H20N4O. The van der Waals surface area contributed by atoms with Gasteiger partial charge in [-0.3, -0.25) is 0 Å². The average molecular weight is 224 g/mol. The van der Waals surface area contributed by atoms with Crippen molar-refractivity contribution in [1.82, 2.24) is 19.9 Å². The second-order valence-corrected chi connectivity index (χ2v) is 4.90. The van der Waals surface area contributed by atoms with Crippen LogP contribution in [0.25, 0.3) is 0 Å². The Kier molecular flexibility index (Phi) is 2.99. The molecule has 0 aromatic carbocycles. The summed E-state index contributed by atoms with van der Waals surface area (Å²) >= 11 is 0. The second kappa shape index (κ2) is 4.14. The van der Waals surface area contributed by atoms with Crippen molar-refractivity contribution in [3.63, 3.8) is 0 Å². The molecule has 1 saturated heterocycles. The van der Waals surface area contributed by atoms with Crippen LogP contribution in [0, 0.1) is 0 Å². The summed E-state index contributed by atoms with van der Waals surface area (Å²) in [6.07, 6.45) is 3.18. The van der Waals surface area contributed by atoms with Crippen molar-refractivity contribution in [2.24, 2.45) is 7.05 Å². The highest BCUT2D eigenvalue weighted by Gasteiger charge is 2.37. The quantitative estimate of drug-likeness (QED) is 0.795. The van der Waals surface area contributed by atoms with Gasteiger partial charge in [0.1, 0.15) is 5.60 Å². The zero-order valence-electron chi connectivity index (χ0n) is 10.2. The van der Waals surface area contributed by atoms with Gasteiger partial charge in [-0.2, -0.15) is 0 Å². The minimum Gasteiger partial charge on any atom is -0.383 e. The van der Waals surface area contributed by atoms with Crippen LogP contribution in [0.3, 0.4) is 0 Å². The number of piperidine rings is 1. The molecule has 2 heterocycles. The maximum atomic E-state index is 10.6. The number of aryl methyl sites for hydroxylation is 1. The fourth-order valence-electron chi connectivity index (χ4n) is 2.38. The van der Waals surface area contributed by atoms with E-state index >= 15 is 0 Å². The van der Waals surface area contributed by atoms with E-state index in [1.54, 1.807) is 10.9 Å². The standard InChI is InChI=1S/C11H20N4O/c1-9(2)15-6-4-11(16,5-7-15)10-8-12-13-14(10)3/h8-9,16H,4-7H2,1-3H3. The molecule has 0 amide bonds. The molecule has 0 saturated carbocycles. The van der Waals surface area contributed by atoms with E-state index < -0.39 is 5.60 Å². The highest BCUT2D eigenvalue weighted by molar-refractivity contribution is 5.09. The van der Waals surface area contributed by atoms with E-state index in [-0.39, 0.29) is 0 Å². The van der Waals surface area contributed by atoms with Crippen LogP contribution in [-0.2, 0) is 12.6 Å². The lowest BCUT2D eigenvalue weighted by molar-refractivity contribution is -0.0381. The minimum absolute atomic E-state index is 0.550. The molecule has 5 heteroatoms. The number of rotatable bonds is 2. The minimum atomic E-state index is -0.746. The summed E-state index contributed by atoms with van der Waals surface area (Å²) in [5.74, 6) is 0. The third-order valence-corrected chi connectivity index (χ3v) is 3.55. The van der Waals surface area contributed by atoms with Crippen LogP contribution in [0.4, 0.5) is 0 Å². The van der Waals surface area contributed by atoms with Crippen LogP contribution in [0.15, 0.2) is 6.20 Å². The number of nitrogens with zero attached hydrogens (tertiary/aromatic N) is 4. The van der Waals surface area contributed by atoms with Crippen LogP contribution in [0.1, 0.15) is 32.4 Å². The van der Waals surface area contributed by atoms with E-state index in [2.05, 4.69) is 29.1 Å². The number of hydrogen-bond acceptors (Lipinski definition) is 4. The Bertz CT molecular complexity index is 353. The molecule has 1 aromatic rings. The van der Waals surface area contributed by atoms with Gasteiger partial charge in [-0.15, -0.1) is 5.10 Å². The van der Waals surface area contributed by atoms with E-state index in [0.29, 0.717) is 6.04 Å². The normalized spacial score (nSPS) is 21.6. The number of aliphatic hydroxyl groups is 1. The second-order valence-electron chi connectivity index (χ2n) is 4.90. The van der Waals surface area contributed by atoms with Crippen molar-refractivity contribution in [3.05, 3.63) is 11.9 Å². The largest absolute Gasteiger partial charge is 0.383 e. The lowest BCUT2D eigenvalue weighted by Gasteiger charge is -2.39. The zero-order chi connectivity index (χ0) is 11.8. The van der Waals surface area contributed by atoms with E-state index in [1.807, 2.05) is 7.05 Å². The molecule has 5 nitrogen and oxygen atoms in total. The molecule has 2 rings (SSSR count). The van der Waals surface area contributed by atoms with Gasteiger partial charge in [0.2, 0.25) is 0 Å². The molecule has 1 aromatic heterocycles. The van der Waals surface area contributed by atoms with Gasteiger partial charge in [-0.25, -0.2) is 4.68 Å². The van der Waals surface area contributed by atoms with Crippen LogP contribution < -0.4 is 0 Å². The van der Waals surface area contributed by atoms with Crippen LogP contribution >= 0.6 is 0 Å². The van der Waals surface area contributed by atoms with Gasteiger partial charge in [0.15, 0.2) is 0 Å². The summed E-state index contributed by atoms with van der Waals surface area (Å²) in [5.41, 5.74) is 0.0832. The van der Waals surface area contributed by atoms with E-state index in [0.717, 1.165) is 31.6 Å². The maximum absolute atomic E-state index is 10.6. The Morgan fingerprint density at radius 1 is 1.38 bits per heavy atom. The molecule has 0 unspecified atom stereocenters. The van der Waals surface area contributed by atoms with Gasteiger partial charge in [0.05, 0.1) is 11.9 Å². The van der Waals surface area contributed by atoms with E-state index in [4.69, 9.17) is 0 Å². The third kappa shape index (κ3) is 1.97. The Hall–Kier alpha value is -0.940. The van der Waals surface area contributed by atoms with Crippen molar-refractivity contribution in [3.8, 4) is 0 Å². The van der Waals surface area contributed by atoms with Crippen molar-refractivity contribution >= 4 is 0 Å². The number of aromatic nitrogens is 3. The first kappa shape index (κ1) is 11.5. The lowest BCUT2D eigenvalue weighted by atomic mass is 9.88. The fourth-order valence-corrected chi connectivity index (χ4v) is 2.38. The first-order chi connectivity index (χ1) is 7.53. The van der Waals surface area contributed by atoms with Gasteiger partial charge in [0.25, 0.3) is 0 Å². The van der Waals surface area contributed by atoms with Gasteiger partial charge in [-0.05, 0) is 26.7 Å². The maximum Gasteiger partial charge on any atom is 0.110 e. The van der Waals surface area contributed by atoms with Gasteiger partial charge in [-0.1, -0.05) is 5.21 Å². The Morgan fingerprint density at radius 3 is 2.44 bits per heavy atom. The highest BCUT2D eigenvalue weighted by Crippen LogP contribution is 2.32. The average Bonchev–Trinajstić information content (AvgIpc) is 2.66. The monoisotopic (exact) mass is 224 g/mol. The Labute approximate surface area is 96.1 Å². The highest BCUT2D eigenvalue weighted by atomic mass is 16.3. The summed E-state index contributed by atoms with van der Waals surface area (Å²) in [6.45, 7) is 6.24. The Balaban J connectivity index is 2.10. The molecule has 0 aliphatic carbocycles. The Morgan fingerprint density at radius 2 is 2.00 bits per heavy atom. The molecule has 0 radical (unpaired) electrons. The molecule has 1 N–H and O–H groups in total. The molecule has 90 valence electrons. The summed E-state index contributed by atoms with van der Waals surface area (Å²) < 4.78 is 1.67. The third-order valence-electron chi connectivity index (χ3n) is 3.55. The fraction of sp³-hybridized carbons (Fsp3) is 0.818. The molecule has 1 aliphatic heterocycles. The molecule has 1 aliphatic rings. The summed E-state index contributed by atoms with van der Waals surface area (Å²) in [6, 6.07) is 0.550. The summed E-state index contributed by atoms with van der Waals surface area (Å²) in [5, 5.41) is 18.3. The van der Waals surface area contributed by atoms with Gasteiger partial charge in [0, 0.05) is 26.2 Å². The predicted octanol–water partition coefficient (Wildman–Crippen LogP) is 0.507. The molecule has 0 atom stereocenters. The lowest BCUT2D eigenvalue weighted by Crippen LogP contribution is -2.46. The van der Waals surface area contributed by atoms with Crippen molar-refractivity contribution in [2.75, 3.05) is 13.1 Å². The van der Waals surface area contributed by atoms with Crippen molar-refractivity contribution in [2.45, 2.75) is 38.3 Å². The van der Waals surface area contributed by atoms with Crippen LogP contribution in [0.2, 0.25) is 0 Å². The first-order valence-corrected chi connectivity index (χ1v) is 5.84. The van der Waals surface area contributed by atoms with Crippen LogP contribution in [-0.4, -0.2) is 44.1 Å². The predicted molar refractivity (Wildman–Crippen MR) is 60.8 cm³/mol. The van der Waals surface area contributed by atoms with Gasteiger partial charge < -0.3 is 10.0 Å². The van der Waals surface area contributed by atoms with Crippen LogP contribution in [0.5, 0.6) is 0 Å². The number of hydrogen-bond donors (Lipinski definition) is 1. The smallest absolute Gasteiger partial charge is 0.110 e. The van der Waals surface area contributed by atoms with Crippen molar-refractivity contribution in [1.29, 1.82) is 0 Å². The SMILES string of the molecule is CC(C)N1CCC(O)(c2cnnn2C)CC1. The summed E-state index contributed by atoms with van der Waals surface area (Å²) in [4.78, 5) is 2.39. The topological polar surface area (TPSA) is 54.2 Å². The molecular weight excluding hydrogens is 204 g/mol. The van der Waals surface area contributed by atoms with E-state index in [1.165, 1.54) is 0 Å². The van der Waals surface area contributed by atoms with Crippen molar-refractivity contribution < 1.29 is 5.11 Å². The molecule has 0 bridgehead atoms. The van der Waals surface area contributed by atoms with Gasteiger partial charge >= 0.3 is 0 Å². The number of likely N-dealkylation sites (tertiary alicyclic amines) is 1. The molecule has 16 heavy (non-hydrogen) atoms. The summed E-state index contributed by atoms with van der Waals surface area (Å²) in [7, 11) is 1.83.